The molecule has 1 atom stereocenters. The van der Waals surface area contributed by atoms with E-state index in [4.69, 9.17) is 15.6 Å². The van der Waals surface area contributed by atoms with E-state index in [2.05, 4.69) is 4.99 Å². The average molecular weight is 622 g/mol. The standard InChI is InChI=1S/C33H43N5O5S/c1-6-37(7-2)24(5)43-33(40)36-32(34)28-12-10-11-26(19-28)22-38(21-23(3)4)31(39)20-25-15-17-27(18-16-25)29-13-8-9-14-30(29)44(35,41)42/h8-19,23-24H,6-7,20-22H2,1-5H3,(H2,34,36,40)(H2,35,41,42). The molecule has 0 aromatic heterocycles. The number of carbonyl (C=O) groups is 2. The van der Waals surface area contributed by atoms with E-state index >= 15 is 0 Å². The molecular weight excluding hydrogens is 578 g/mol. The molecule has 0 aliphatic heterocycles. The number of nitrogens with two attached hydrogens (primary N) is 2. The van der Waals surface area contributed by atoms with Gasteiger partial charge in [0, 0.05) is 24.2 Å². The second-order valence-electron chi connectivity index (χ2n) is 11.0. The smallest absolute Gasteiger partial charge is 0.429 e. The maximum absolute atomic E-state index is 13.5. The summed E-state index contributed by atoms with van der Waals surface area (Å²) in [5, 5.41) is 5.40. The molecule has 3 aromatic carbocycles. The van der Waals surface area contributed by atoms with Crippen molar-refractivity contribution in [1.82, 2.24) is 9.80 Å². The highest BCUT2D eigenvalue weighted by atomic mass is 32.2. The number of carbonyl (C=O) groups excluding carboxylic acids is 2. The molecule has 0 aliphatic carbocycles. The van der Waals surface area contributed by atoms with Gasteiger partial charge in [0.05, 0.1) is 11.3 Å². The number of amidine groups is 1. The van der Waals surface area contributed by atoms with Crippen LogP contribution in [0.2, 0.25) is 0 Å². The van der Waals surface area contributed by atoms with E-state index in [1.165, 1.54) is 6.07 Å². The summed E-state index contributed by atoms with van der Waals surface area (Å²) < 4.78 is 29.5. The van der Waals surface area contributed by atoms with Crippen molar-refractivity contribution in [3.8, 4) is 11.1 Å². The zero-order valence-corrected chi connectivity index (χ0v) is 26.9. The Morgan fingerprint density at radius 3 is 2.18 bits per heavy atom. The molecule has 44 heavy (non-hydrogen) atoms. The molecule has 0 bridgehead atoms. The number of benzene rings is 3. The molecule has 236 valence electrons. The Bertz CT molecular complexity index is 1570. The highest BCUT2D eigenvalue weighted by Crippen LogP contribution is 2.27. The van der Waals surface area contributed by atoms with Gasteiger partial charge >= 0.3 is 6.09 Å². The zero-order chi connectivity index (χ0) is 32.4. The van der Waals surface area contributed by atoms with Crippen LogP contribution in [0.25, 0.3) is 11.1 Å². The van der Waals surface area contributed by atoms with Crippen molar-refractivity contribution in [2.45, 2.75) is 58.7 Å². The normalized spacial score (nSPS) is 12.8. The fraction of sp³-hybridized carbons (Fsp3) is 0.364. The Morgan fingerprint density at radius 2 is 1.57 bits per heavy atom. The third kappa shape index (κ3) is 9.73. The first-order valence-corrected chi connectivity index (χ1v) is 16.2. The molecule has 4 N–H and O–H groups in total. The Balaban J connectivity index is 1.74. The summed E-state index contributed by atoms with van der Waals surface area (Å²) >= 11 is 0. The second-order valence-corrected chi connectivity index (χ2v) is 12.5. The number of nitrogens with zero attached hydrogens (tertiary/aromatic N) is 3. The minimum absolute atomic E-state index is 0.0365. The van der Waals surface area contributed by atoms with Crippen LogP contribution in [0.1, 0.15) is 51.3 Å². The number of hydrogen-bond donors (Lipinski definition) is 2. The summed E-state index contributed by atoms with van der Waals surface area (Å²) in [5.74, 6) is 0.209. The molecule has 0 saturated heterocycles. The molecule has 0 radical (unpaired) electrons. The minimum atomic E-state index is -3.89. The van der Waals surface area contributed by atoms with E-state index in [1.54, 1.807) is 48.2 Å². The van der Waals surface area contributed by atoms with Gasteiger partial charge in [-0.15, -0.1) is 0 Å². The number of sulfonamides is 1. The lowest BCUT2D eigenvalue weighted by Crippen LogP contribution is -2.36. The molecule has 10 nitrogen and oxygen atoms in total. The van der Waals surface area contributed by atoms with Crippen LogP contribution in [-0.2, 0) is 32.5 Å². The minimum Gasteiger partial charge on any atom is -0.429 e. The predicted molar refractivity (Wildman–Crippen MR) is 173 cm³/mol. The van der Waals surface area contributed by atoms with Crippen molar-refractivity contribution in [1.29, 1.82) is 0 Å². The van der Waals surface area contributed by atoms with E-state index in [1.807, 2.05) is 62.9 Å². The Labute approximate surface area is 260 Å². The van der Waals surface area contributed by atoms with Crippen LogP contribution in [0.15, 0.2) is 82.7 Å². The number of ether oxygens (including phenoxy) is 1. The maximum Gasteiger partial charge on any atom is 0.437 e. The summed E-state index contributed by atoms with van der Waals surface area (Å²) in [6.07, 6.45) is -1.02. The highest BCUT2D eigenvalue weighted by molar-refractivity contribution is 7.89. The third-order valence-electron chi connectivity index (χ3n) is 7.16. The van der Waals surface area contributed by atoms with Crippen molar-refractivity contribution < 1.29 is 22.7 Å². The number of rotatable bonds is 13. The van der Waals surface area contributed by atoms with Crippen molar-refractivity contribution in [3.63, 3.8) is 0 Å². The van der Waals surface area contributed by atoms with Crippen LogP contribution >= 0.6 is 0 Å². The molecular formula is C33H43N5O5S. The van der Waals surface area contributed by atoms with E-state index in [9.17, 15) is 18.0 Å². The summed E-state index contributed by atoms with van der Waals surface area (Å²) in [4.78, 5) is 33.6. The molecule has 11 heteroatoms. The van der Waals surface area contributed by atoms with Crippen LogP contribution in [0.4, 0.5) is 4.79 Å². The van der Waals surface area contributed by atoms with Gasteiger partial charge in [-0.05, 0) is 54.8 Å². The third-order valence-corrected chi connectivity index (χ3v) is 8.13. The highest BCUT2D eigenvalue weighted by Gasteiger charge is 2.19. The Kier molecular flexibility index (Phi) is 12.2. The van der Waals surface area contributed by atoms with Gasteiger partial charge < -0.3 is 15.4 Å². The van der Waals surface area contributed by atoms with E-state index in [0.717, 1.165) is 24.2 Å². The SMILES string of the molecule is CCN(CC)C(C)OC(=O)N=C(N)c1cccc(CN(CC(C)C)C(=O)Cc2ccc(-c3ccccc3S(N)(=O)=O)cc2)c1. The number of aliphatic imine (C=N–C) groups is 1. The van der Waals surface area contributed by atoms with Crippen LogP contribution in [0.5, 0.6) is 0 Å². The molecule has 3 rings (SSSR count). The molecule has 0 aliphatic rings. The second kappa shape index (κ2) is 15.6. The summed E-state index contributed by atoms with van der Waals surface area (Å²) in [6.45, 7) is 12.2. The van der Waals surface area contributed by atoms with Crippen LogP contribution in [0, 0.1) is 5.92 Å². The average Bonchev–Trinajstić information content (AvgIpc) is 2.97. The van der Waals surface area contributed by atoms with Crippen LogP contribution in [-0.4, -0.2) is 61.9 Å². The van der Waals surface area contributed by atoms with E-state index in [0.29, 0.717) is 29.8 Å². The Morgan fingerprint density at radius 1 is 0.909 bits per heavy atom. The Hall–Kier alpha value is -4.06. The first-order chi connectivity index (χ1) is 20.8. The largest absolute Gasteiger partial charge is 0.437 e. The van der Waals surface area contributed by atoms with Gasteiger partial charge in [-0.3, -0.25) is 9.69 Å². The van der Waals surface area contributed by atoms with Gasteiger partial charge in [-0.1, -0.05) is 88.4 Å². The van der Waals surface area contributed by atoms with Crippen molar-refractivity contribution in [2.75, 3.05) is 19.6 Å². The molecule has 1 unspecified atom stereocenters. The number of primary sulfonamides is 1. The summed E-state index contributed by atoms with van der Waals surface area (Å²) in [5.41, 5.74) is 9.54. The van der Waals surface area contributed by atoms with Gasteiger partial charge in [-0.25, -0.2) is 18.4 Å². The summed E-state index contributed by atoms with van der Waals surface area (Å²) in [7, 11) is -3.89. The lowest BCUT2D eigenvalue weighted by molar-refractivity contribution is -0.131. The maximum atomic E-state index is 13.5. The van der Waals surface area contributed by atoms with Crippen molar-refractivity contribution in [3.05, 3.63) is 89.5 Å². The van der Waals surface area contributed by atoms with Gasteiger partial charge in [0.25, 0.3) is 0 Å². The van der Waals surface area contributed by atoms with Crippen LogP contribution < -0.4 is 10.9 Å². The first-order valence-electron chi connectivity index (χ1n) is 14.7. The molecule has 0 fully saturated rings. The van der Waals surface area contributed by atoms with Crippen LogP contribution in [0.3, 0.4) is 0 Å². The monoisotopic (exact) mass is 621 g/mol. The van der Waals surface area contributed by atoms with Gasteiger partial charge in [0.1, 0.15) is 5.84 Å². The lowest BCUT2D eigenvalue weighted by atomic mass is 10.0. The molecule has 3 aromatic rings. The van der Waals surface area contributed by atoms with E-state index < -0.39 is 22.3 Å². The molecule has 2 amide bonds. The number of hydrogen-bond acceptors (Lipinski definition) is 6. The molecule has 0 saturated carbocycles. The van der Waals surface area contributed by atoms with Gasteiger partial charge in [0.15, 0.2) is 6.23 Å². The fourth-order valence-corrected chi connectivity index (χ4v) is 5.69. The van der Waals surface area contributed by atoms with Gasteiger partial charge in [0.2, 0.25) is 15.9 Å². The van der Waals surface area contributed by atoms with Crippen molar-refractivity contribution in [2.24, 2.45) is 21.8 Å². The topological polar surface area (TPSA) is 148 Å². The predicted octanol–water partition coefficient (Wildman–Crippen LogP) is 4.76. The number of amides is 2. The van der Waals surface area contributed by atoms with Gasteiger partial charge in [-0.2, -0.15) is 4.99 Å². The molecule has 0 heterocycles. The first kappa shape index (κ1) is 34.4. The quantitative estimate of drug-likeness (QED) is 0.159. The van der Waals surface area contributed by atoms with Crippen molar-refractivity contribution >= 4 is 27.9 Å². The van der Waals surface area contributed by atoms with E-state index in [-0.39, 0.29) is 29.0 Å². The zero-order valence-electron chi connectivity index (χ0n) is 26.1. The summed E-state index contributed by atoms with van der Waals surface area (Å²) in [6, 6.07) is 21.0. The fourth-order valence-electron chi connectivity index (χ4n) is 4.93. The lowest BCUT2D eigenvalue weighted by Gasteiger charge is -2.25. The molecule has 0 spiro atoms.